The van der Waals surface area contributed by atoms with E-state index in [2.05, 4.69) is 0 Å². The topological polar surface area (TPSA) is 124 Å². The smallest absolute Gasteiger partial charge is 0.303 e. The summed E-state index contributed by atoms with van der Waals surface area (Å²) in [7, 11) is 5.45. The van der Waals surface area contributed by atoms with Crippen molar-refractivity contribution in [1.82, 2.24) is 0 Å². The molecule has 11 heteroatoms. The largest absolute Gasteiger partial charge is 0.463 e. The molecular formula is C17H25BO10. The van der Waals surface area contributed by atoms with Gasteiger partial charge in [-0.3, -0.25) is 19.2 Å². The predicted molar refractivity (Wildman–Crippen MR) is 93.1 cm³/mol. The summed E-state index contributed by atoms with van der Waals surface area (Å²) in [5.41, 5.74) is 0. The Morgan fingerprint density at radius 1 is 0.821 bits per heavy atom. The normalized spacial score (nSPS) is 26.8. The molecule has 10 nitrogen and oxygen atoms in total. The van der Waals surface area contributed by atoms with E-state index in [-0.39, 0.29) is 13.2 Å². The van der Waals surface area contributed by atoms with Gasteiger partial charge < -0.3 is 28.4 Å². The second-order valence-corrected chi connectivity index (χ2v) is 6.08. The zero-order valence-corrected chi connectivity index (χ0v) is 16.4. The van der Waals surface area contributed by atoms with Crippen molar-refractivity contribution >= 4 is 31.7 Å². The lowest BCUT2D eigenvalue weighted by molar-refractivity contribution is -0.308. The van der Waals surface area contributed by atoms with Gasteiger partial charge in [0.15, 0.2) is 24.6 Å². The summed E-state index contributed by atoms with van der Waals surface area (Å²) in [4.78, 5) is 46.0. The molecule has 156 valence electrons. The van der Waals surface area contributed by atoms with Crippen LogP contribution in [0.15, 0.2) is 0 Å². The lowest BCUT2D eigenvalue weighted by atomic mass is 9.98. The minimum Gasteiger partial charge on any atom is -0.463 e. The quantitative estimate of drug-likeness (QED) is 0.227. The van der Waals surface area contributed by atoms with Crippen LogP contribution >= 0.6 is 0 Å². The lowest BCUT2D eigenvalue weighted by Gasteiger charge is -2.44. The summed E-state index contributed by atoms with van der Waals surface area (Å²) in [6.07, 6.45) is -4.98. The van der Waals surface area contributed by atoms with Gasteiger partial charge in [0.25, 0.3) is 0 Å². The highest BCUT2D eigenvalue weighted by atomic mass is 16.7. The number of hydrogen-bond acceptors (Lipinski definition) is 10. The second kappa shape index (κ2) is 11.7. The Hall–Kier alpha value is -2.14. The van der Waals surface area contributed by atoms with Gasteiger partial charge in [-0.05, 0) is 6.42 Å². The van der Waals surface area contributed by atoms with E-state index < -0.39 is 54.6 Å². The molecule has 0 amide bonds. The molecule has 0 saturated carbocycles. The van der Waals surface area contributed by atoms with Crippen molar-refractivity contribution in [2.75, 3.05) is 13.2 Å². The van der Waals surface area contributed by atoms with Crippen molar-refractivity contribution < 1.29 is 47.6 Å². The number of hydrogen-bond donors (Lipinski definition) is 0. The average Bonchev–Trinajstić information content (AvgIpc) is 2.57. The van der Waals surface area contributed by atoms with Crippen molar-refractivity contribution in [2.45, 2.75) is 71.1 Å². The van der Waals surface area contributed by atoms with Crippen LogP contribution in [0.5, 0.6) is 0 Å². The standard InChI is InChI=1S/C17H25BO10/c1-9(19)24-8-13-14(25-10(2)20)15(26-11(3)21)16(27-12(4)22)17(28-13)23-7-5-6-18/h13-17H,5-8H2,1-4H3/t13-,14-,15+,16-,17?/m1/s1. The Labute approximate surface area is 164 Å². The fraction of sp³-hybridized carbons (Fsp3) is 0.765. The highest BCUT2D eigenvalue weighted by Gasteiger charge is 2.52. The molecule has 1 fully saturated rings. The molecular weight excluding hydrogens is 375 g/mol. The fourth-order valence-corrected chi connectivity index (χ4v) is 2.61. The van der Waals surface area contributed by atoms with Crippen LogP contribution in [0.4, 0.5) is 0 Å². The van der Waals surface area contributed by atoms with Crippen molar-refractivity contribution in [3.05, 3.63) is 0 Å². The Bertz CT molecular complexity index is 566. The first kappa shape index (κ1) is 23.9. The third-order valence-corrected chi connectivity index (χ3v) is 3.58. The van der Waals surface area contributed by atoms with E-state index in [4.69, 9.17) is 36.3 Å². The summed E-state index contributed by atoms with van der Waals surface area (Å²) in [5, 5.41) is 0. The monoisotopic (exact) mass is 400 g/mol. The van der Waals surface area contributed by atoms with Crippen LogP contribution < -0.4 is 0 Å². The molecule has 1 unspecified atom stereocenters. The van der Waals surface area contributed by atoms with Gasteiger partial charge in [0.1, 0.15) is 12.7 Å². The summed E-state index contributed by atoms with van der Waals surface area (Å²) < 4.78 is 32.0. The maximum atomic E-state index is 11.6. The maximum absolute atomic E-state index is 11.6. The van der Waals surface area contributed by atoms with Crippen molar-refractivity contribution in [3.8, 4) is 0 Å². The first-order chi connectivity index (χ1) is 13.1. The van der Waals surface area contributed by atoms with Gasteiger partial charge in [0.05, 0.1) is 7.85 Å². The van der Waals surface area contributed by atoms with Crippen molar-refractivity contribution in [2.24, 2.45) is 0 Å². The molecule has 5 atom stereocenters. The third-order valence-electron chi connectivity index (χ3n) is 3.58. The van der Waals surface area contributed by atoms with Gasteiger partial charge in [-0.2, -0.15) is 0 Å². The number of carbonyl (C=O) groups excluding carboxylic acids is 4. The van der Waals surface area contributed by atoms with Crippen LogP contribution in [-0.2, 0) is 47.6 Å². The second-order valence-electron chi connectivity index (χ2n) is 6.08. The first-order valence-corrected chi connectivity index (χ1v) is 8.77. The molecule has 1 saturated heterocycles. The van der Waals surface area contributed by atoms with E-state index >= 15 is 0 Å². The van der Waals surface area contributed by atoms with Gasteiger partial charge >= 0.3 is 23.9 Å². The lowest BCUT2D eigenvalue weighted by Crippen LogP contribution is -2.63. The summed E-state index contributed by atoms with van der Waals surface area (Å²) >= 11 is 0. The Morgan fingerprint density at radius 2 is 1.36 bits per heavy atom. The molecule has 2 radical (unpaired) electrons. The van der Waals surface area contributed by atoms with Crippen molar-refractivity contribution in [3.63, 3.8) is 0 Å². The van der Waals surface area contributed by atoms with E-state index in [0.29, 0.717) is 12.7 Å². The van der Waals surface area contributed by atoms with Gasteiger partial charge in [-0.25, -0.2) is 0 Å². The molecule has 28 heavy (non-hydrogen) atoms. The van der Waals surface area contributed by atoms with Crippen LogP contribution in [0, 0.1) is 0 Å². The maximum Gasteiger partial charge on any atom is 0.303 e. The summed E-state index contributed by atoms with van der Waals surface area (Å²) in [6.45, 7) is 4.53. The van der Waals surface area contributed by atoms with Crippen LogP contribution in [0.1, 0.15) is 34.1 Å². The van der Waals surface area contributed by atoms with E-state index in [1.165, 1.54) is 6.92 Å². The van der Waals surface area contributed by atoms with Crippen LogP contribution in [0.25, 0.3) is 0 Å². The van der Waals surface area contributed by atoms with E-state index in [1.807, 2.05) is 0 Å². The van der Waals surface area contributed by atoms with Crippen LogP contribution in [-0.4, -0.2) is 75.6 Å². The van der Waals surface area contributed by atoms with E-state index in [9.17, 15) is 19.2 Å². The molecule has 0 spiro atoms. The number of esters is 4. The molecule has 1 aliphatic rings. The minimum atomic E-state index is -1.23. The minimum absolute atomic E-state index is 0.171. The van der Waals surface area contributed by atoms with Gasteiger partial charge in [0.2, 0.25) is 0 Å². The Morgan fingerprint density at radius 3 is 1.86 bits per heavy atom. The molecule has 0 aromatic heterocycles. The van der Waals surface area contributed by atoms with Crippen LogP contribution in [0.3, 0.4) is 0 Å². The van der Waals surface area contributed by atoms with E-state index in [0.717, 1.165) is 20.8 Å². The predicted octanol–water partition coefficient (Wildman–Crippen LogP) is 0.0630. The highest BCUT2D eigenvalue weighted by molar-refractivity contribution is 6.08. The number of rotatable bonds is 9. The van der Waals surface area contributed by atoms with Crippen LogP contribution in [0.2, 0.25) is 6.32 Å². The molecule has 0 bridgehead atoms. The molecule has 1 heterocycles. The first-order valence-electron chi connectivity index (χ1n) is 8.77. The SMILES string of the molecule is [B]CCCOC1O[C@H](COC(C)=O)[C@@H](OC(C)=O)[C@H](OC(C)=O)[C@H]1OC(C)=O. The van der Waals surface area contributed by atoms with Gasteiger partial charge in [0, 0.05) is 34.3 Å². The number of carbonyl (C=O) groups is 4. The summed E-state index contributed by atoms with van der Waals surface area (Å²) in [5.74, 6) is -2.66. The number of ether oxygens (including phenoxy) is 6. The zero-order valence-electron chi connectivity index (χ0n) is 16.4. The Kier molecular flexibility index (Phi) is 9.95. The van der Waals surface area contributed by atoms with Gasteiger partial charge in [-0.15, -0.1) is 0 Å². The molecule has 1 rings (SSSR count). The molecule has 1 aliphatic heterocycles. The summed E-state index contributed by atoms with van der Waals surface area (Å²) in [6, 6.07) is 0. The molecule has 0 aromatic rings. The Balaban J connectivity index is 3.21. The zero-order chi connectivity index (χ0) is 21.3. The third kappa shape index (κ3) is 7.85. The highest BCUT2D eigenvalue weighted by Crippen LogP contribution is 2.30. The molecule has 0 aliphatic carbocycles. The fourth-order valence-electron chi connectivity index (χ4n) is 2.61. The average molecular weight is 400 g/mol. The van der Waals surface area contributed by atoms with Gasteiger partial charge in [-0.1, -0.05) is 6.32 Å². The van der Waals surface area contributed by atoms with Crippen molar-refractivity contribution in [1.29, 1.82) is 0 Å². The molecule has 0 aromatic carbocycles. The van der Waals surface area contributed by atoms with E-state index in [1.54, 1.807) is 0 Å². The molecule has 0 N–H and O–H groups in total.